The number of hydrogen-bond acceptors (Lipinski definition) is 15. The fraction of sp³-hybridized carbons (Fsp3) is 0.319. The number of aromatic nitrogens is 6. The summed E-state index contributed by atoms with van der Waals surface area (Å²) in [6.07, 6.45) is 3.62. The Morgan fingerprint density at radius 3 is 1.39 bits per heavy atom. The number of nitrogens with one attached hydrogen (secondary N) is 3. The zero-order valence-corrected chi connectivity index (χ0v) is 53.5. The molecule has 0 bridgehead atoms. The Kier molecular flexibility index (Phi) is 23.5. The van der Waals surface area contributed by atoms with E-state index in [4.69, 9.17) is 15.2 Å². The lowest BCUT2D eigenvalue weighted by atomic mass is 9.90. The normalized spacial score (nSPS) is 12.5. The number of nitrogens with two attached hydrogens (primary N) is 1. The third-order valence-corrected chi connectivity index (χ3v) is 16.5. The van der Waals surface area contributed by atoms with Crippen molar-refractivity contribution in [2.24, 2.45) is 33.9 Å². The molecule has 494 valence electrons. The zero-order chi connectivity index (χ0) is 67.5. The molecular weight excluding hydrogens is 1210 g/mol. The van der Waals surface area contributed by atoms with Crippen LogP contribution in [0.25, 0.3) is 44.5 Å². The Balaban J connectivity index is 0.000000235. The molecule has 25 heteroatoms. The van der Waals surface area contributed by atoms with Crippen molar-refractivity contribution in [2.75, 3.05) is 64.1 Å². The molecule has 2 aliphatic heterocycles. The van der Waals surface area contributed by atoms with Crippen LogP contribution in [0, 0.1) is 39.3 Å². The minimum absolute atomic E-state index is 0. The quantitative estimate of drug-likeness (QED) is 0.0481. The van der Waals surface area contributed by atoms with Crippen LogP contribution in [0.2, 0.25) is 0 Å². The van der Waals surface area contributed by atoms with Gasteiger partial charge in [-0.2, -0.15) is 10.2 Å². The lowest BCUT2D eigenvalue weighted by molar-refractivity contribution is -0.128. The smallest absolute Gasteiger partial charge is 0.346 e. The van der Waals surface area contributed by atoms with Crippen molar-refractivity contribution in [1.29, 1.82) is 0 Å². The summed E-state index contributed by atoms with van der Waals surface area (Å²) < 4.78 is 44.5. The van der Waals surface area contributed by atoms with Crippen LogP contribution in [0.3, 0.4) is 0 Å². The minimum Gasteiger partial charge on any atom is -0.496 e. The molecule has 4 amide bonds. The monoisotopic (exact) mass is 1290 g/mol. The Morgan fingerprint density at radius 1 is 0.574 bits per heavy atom. The number of rotatable bonds is 18. The maximum absolute atomic E-state index is 15.5. The maximum Gasteiger partial charge on any atom is 0.346 e. The number of anilines is 2. The number of ether oxygens (including phenoxy) is 2. The first-order valence-corrected chi connectivity index (χ1v) is 29.9. The molecule has 0 radical (unpaired) electrons. The van der Waals surface area contributed by atoms with E-state index in [1.807, 2.05) is 92.1 Å². The summed E-state index contributed by atoms with van der Waals surface area (Å²) in [5.41, 5.74) is 12.1. The molecule has 8 aromatic rings. The highest BCUT2D eigenvalue weighted by Crippen LogP contribution is 2.40. The third-order valence-electron chi connectivity index (χ3n) is 16.5. The lowest BCUT2D eigenvalue weighted by Crippen LogP contribution is -2.43. The van der Waals surface area contributed by atoms with Crippen molar-refractivity contribution in [2.45, 2.75) is 67.3 Å². The molecule has 4 heterocycles. The number of benzene rings is 6. The molecule has 5 N–H and O–H groups in total. The van der Waals surface area contributed by atoms with E-state index >= 15 is 4.39 Å². The molecule has 6 aromatic carbocycles. The van der Waals surface area contributed by atoms with Crippen LogP contribution in [-0.4, -0.2) is 122 Å². The Bertz CT molecular complexity index is 4480. The molecule has 23 nitrogen and oxygen atoms in total. The van der Waals surface area contributed by atoms with Crippen LogP contribution >= 0.6 is 0 Å². The van der Waals surface area contributed by atoms with Gasteiger partial charge in [-0.05, 0) is 144 Å². The molecule has 0 saturated carbocycles. The number of nitrogens with zero attached hydrogens (tertiary/aromatic N) is 8. The van der Waals surface area contributed by atoms with E-state index in [0.717, 1.165) is 113 Å². The van der Waals surface area contributed by atoms with Crippen LogP contribution in [0.5, 0.6) is 11.5 Å². The Hall–Kier alpha value is -10.5. The summed E-state index contributed by atoms with van der Waals surface area (Å²) in [5, 5.41) is 16.4. The van der Waals surface area contributed by atoms with Gasteiger partial charge in [0, 0.05) is 104 Å². The van der Waals surface area contributed by atoms with Crippen molar-refractivity contribution >= 4 is 41.3 Å². The number of carbonyl (C=O) groups excluding carboxylic acids is 5. The van der Waals surface area contributed by atoms with Crippen LogP contribution < -0.4 is 53.7 Å². The van der Waals surface area contributed by atoms with Gasteiger partial charge in [0.05, 0.1) is 19.8 Å². The molecule has 94 heavy (non-hydrogen) atoms. The van der Waals surface area contributed by atoms with Crippen LogP contribution in [-0.2, 0) is 44.3 Å². The van der Waals surface area contributed by atoms with E-state index in [0.29, 0.717) is 66.2 Å². The molecule has 2 aromatic heterocycles. The van der Waals surface area contributed by atoms with Gasteiger partial charge in [0.2, 0.25) is 23.2 Å². The van der Waals surface area contributed by atoms with E-state index < -0.39 is 57.3 Å². The highest BCUT2D eigenvalue weighted by Gasteiger charge is 2.25. The van der Waals surface area contributed by atoms with Crippen LogP contribution in [0.4, 0.5) is 20.2 Å². The minimum atomic E-state index is -0.800. The number of likely N-dealkylation sites (tertiary alicyclic amines) is 2. The molecule has 0 spiro atoms. The van der Waals surface area contributed by atoms with Gasteiger partial charge in [-0.25, -0.2) is 27.7 Å². The Morgan fingerprint density at radius 2 is 0.979 bits per heavy atom. The van der Waals surface area contributed by atoms with E-state index in [1.54, 1.807) is 30.3 Å². The van der Waals surface area contributed by atoms with Gasteiger partial charge in [-0.1, -0.05) is 68.1 Å². The second-order valence-corrected chi connectivity index (χ2v) is 22.3. The molecule has 0 atom stereocenters. The topological polar surface area (TPSA) is 286 Å². The summed E-state index contributed by atoms with van der Waals surface area (Å²) in [7, 11) is 8.17. The van der Waals surface area contributed by atoms with Crippen molar-refractivity contribution in [3.63, 3.8) is 0 Å². The predicted octanol–water partition coefficient (Wildman–Crippen LogP) is 7.39. The summed E-state index contributed by atoms with van der Waals surface area (Å²) in [4.78, 5) is 113. The number of carbonyl (C=O) groups is 5. The molecule has 0 aliphatic carbocycles. The lowest BCUT2D eigenvalue weighted by Gasteiger charge is -2.18. The van der Waals surface area contributed by atoms with E-state index in [-0.39, 0.29) is 37.1 Å². The molecule has 2 aliphatic rings. The first-order valence-electron chi connectivity index (χ1n) is 29.9. The summed E-state index contributed by atoms with van der Waals surface area (Å²) >= 11 is 0. The second kappa shape index (κ2) is 31.2. The van der Waals surface area contributed by atoms with Crippen LogP contribution in [0.15, 0.2) is 116 Å². The summed E-state index contributed by atoms with van der Waals surface area (Å²) in [6.45, 7) is 11.9. The number of amides is 4. The molecule has 0 unspecified atom stereocenters. The van der Waals surface area contributed by atoms with Gasteiger partial charge < -0.3 is 41.0 Å². The van der Waals surface area contributed by atoms with Gasteiger partial charge in [-0.3, -0.25) is 42.7 Å². The number of methoxy groups -OCH3 is 2. The van der Waals surface area contributed by atoms with Crippen molar-refractivity contribution in [1.82, 2.24) is 43.8 Å². The van der Waals surface area contributed by atoms with Crippen molar-refractivity contribution in [3.05, 3.63) is 195 Å². The highest BCUT2D eigenvalue weighted by atomic mass is 19.1. The van der Waals surface area contributed by atoms with Gasteiger partial charge >= 0.3 is 11.4 Å². The second-order valence-electron chi connectivity index (χ2n) is 22.3. The third kappa shape index (κ3) is 15.3. The number of halogens is 2. The Labute approximate surface area is 541 Å². The molecule has 10 rings (SSSR count). The van der Waals surface area contributed by atoms with Gasteiger partial charge in [0.15, 0.2) is 6.29 Å². The van der Waals surface area contributed by atoms with E-state index in [1.165, 1.54) is 54.5 Å². The van der Waals surface area contributed by atoms with Gasteiger partial charge in [0.1, 0.15) is 23.1 Å². The average Bonchev–Trinajstić information content (AvgIpc) is 0.893. The fourth-order valence-electron chi connectivity index (χ4n) is 11.3. The average molecular weight is 1290 g/mol. The first-order chi connectivity index (χ1) is 44.4. The largest absolute Gasteiger partial charge is 0.496 e. The van der Waals surface area contributed by atoms with E-state index in [2.05, 4.69) is 26.1 Å². The van der Waals surface area contributed by atoms with E-state index in [9.17, 15) is 47.5 Å². The number of aryl methyl sites for hydroxylation is 2. The van der Waals surface area contributed by atoms with Crippen molar-refractivity contribution in [3.8, 4) is 56.0 Å². The highest BCUT2D eigenvalue weighted by molar-refractivity contribution is 6.04. The maximum atomic E-state index is 15.5. The first kappa shape index (κ1) is 70.9. The predicted molar refractivity (Wildman–Crippen MR) is 356 cm³/mol. The molecule has 2 saturated heterocycles. The number of aldehydes is 1. The summed E-state index contributed by atoms with van der Waals surface area (Å²) in [5.74, 6) is -1.58. The van der Waals surface area contributed by atoms with Crippen molar-refractivity contribution < 1.29 is 42.2 Å². The zero-order valence-electron chi connectivity index (χ0n) is 53.5. The standard InChI is InChI=1S/C34H37FN6O5.C28H25FN4O5.C6H12N2O.CH4/c1-20-23(22-17-27(35)26(29(18-22)46-5)19-36-14-16-41-15-8-13-30(41)42)9-6-10-24(20)25-11-7-12-28(21(25)2)37-32(43)31-33(44)39(3)34(45)40(4)38-31;1-15-18(17-12-22(29)21(14-34)24(13-17)38-5)8-6-9-19(15)20-10-7-11-23(16(20)2)30-26(35)25-27(36)32(3)28(37)33(4)31-25;7-3-5-8-4-1-2-6(8)9;/h6-7,9-12,17-18,36H,8,13-16,19H2,1-5H3,(H,37,43);6-14H,1-5H3,(H,30,35);1-5,7H2;1H4. The van der Waals surface area contributed by atoms with Gasteiger partial charge in [-0.15, -0.1) is 0 Å². The molecule has 2 fully saturated rings. The fourth-order valence-corrected chi connectivity index (χ4v) is 11.3. The van der Waals surface area contributed by atoms with Crippen LogP contribution in [0.1, 0.15) is 92.3 Å². The SMILES string of the molecule is C.COc1cc(-c2cccc(-c3cccc(NC(=O)c4nn(C)c(=O)n(C)c4=O)c3C)c2C)cc(F)c1C=O.COc1cc(-c2cccc(-c3cccc(NC(=O)c4nn(C)c(=O)n(C)c4=O)c3C)c2C)cc(F)c1CNCCN1CCCC1=O.NCCN1CCCC1=O. The van der Waals surface area contributed by atoms with Gasteiger partial charge in [0.25, 0.3) is 22.9 Å². The molecular formula is C69H78F2N12O11. The number of hydrogen-bond donors (Lipinski definition) is 4. The summed E-state index contributed by atoms with van der Waals surface area (Å²) in [6, 6.07) is 28.3.